The van der Waals surface area contributed by atoms with Crippen LogP contribution in [-0.2, 0) is 4.79 Å². The maximum absolute atomic E-state index is 13.3. The Bertz CT molecular complexity index is 478. The van der Waals surface area contributed by atoms with E-state index in [0.29, 0.717) is 12.1 Å². The number of nitro benzene ring substituents is 1. The second-order valence-electron chi connectivity index (χ2n) is 2.80. The third-order valence-electron chi connectivity index (χ3n) is 1.71. The molecule has 1 rings (SSSR count). The van der Waals surface area contributed by atoms with Crippen LogP contribution in [-0.4, -0.2) is 17.3 Å². The van der Waals surface area contributed by atoms with E-state index in [4.69, 9.17) is 0 Å². The predicted molar refractivity (Wildman–Crippen MR) is 47.6 cm³/mol. The summed E-state index contributed by atoms with van der Waals surface area (Å²) in [6.45, 7) is 0. The summed E-state index contributed by atoms with van der Waals surface area (Å²) in [5, 5.41) is 11.5. The van der Waals surface area contributed by atoms with Crippen LogP contribution in [0.3, 0.4) is 0 Å². The van der Waals surface area contributed by atoms with Gasteiger partial charge in [-0.25, -0.2) is 4.39 Å². The molecule has 1 amide bonds. The molecular formula is C8H4F4N2O3. The van der Waals surface area contributed by atoms with Gasteiger partial charge in [-0.1, -0.05) is 0 Å². The third kappa shape index (κ3) is 2.68. The first-order valence-corrected chi connectivity index (χ1v) is 4.06. The number of nitrogens with one attached hydrogen (secondary N) is 1. The molecule has 0 aromatic heterocycles. The number of nitrogens with zero attached hydrogens (tertiary/aromatic N) is 1. The van der Waals surface area contributed by atoms with Crippen molar-refractivity contribution in [2.24, 2.45) is 0 Å². The quantitative estimate of drug-likeness (QED) is 0.508. The van der Waals surface area contributed by atoms with E-state index < -0.39 is 40.3 Å². The van der Waals surface area contributed by atoms with Gasteiger partial charge in [-0.3, -0.25) is 14.9 Å². The molecule has 0 aliphatic heterocycles. The SMILES string of the molecule is O=C(Nc1c(F)ccc([N+](=O)[O-])c1F)C(F)F. The Morgan fingerprint density at radius 3 is 2.41 bits per heavy atom. The van der Waals surface area contributed by atoms with Crippen LogP contribution in [0.1, 0.15) is 0 Å². The molecule has 1 N–H and O–H groups in total. The largest absolute Gasteiger partial charge is 0.316 e. The van der Waals surface area contributed by atoms with Crippen molar-refractivity contribution in [2.75, 3.05) is 5.32 Å². The summed E-state index contributed by atoms with van der Waals surface area (Å²) < 4.78 is 50.0. The molecule has 0 unspecified atom stereocenters. The highest BCUT2D eigenvalue weighted by Crippen LogP contribution is 2.27. The number of hydrogen-bond acceptors (Lipinski definition) is 3. The first-order chi connectivity index (χ1) is 7.84. The molecule has 1 aromatic rings. The van der Waals surface area contributed by atoms with Crippen LogP contribution in [0.25, 0.3) is 0 Å². The fourth-order valence-electron chi connectivity index (χ4n) is 0.975. The van der Waals surface area contributed by atoms with Gasteiger partial charge in [0.25, 0.3) is 5.91 Å². The predicted octanol–water partition coefficient (Wildman–Crippen LogP) is 2.08. The Kier molecular flexibility index (Phi) is 3.61. The van der Waals surface area contributed by atoms with Crippen LogP contribution < -0.4 is 5.32 Å². The highest BCUT2D eigenvalue weighted by molar-refractivity contribution is 5.93. The molecule has 0 aliphatic rings. The van der Waals surface area contributed by atoms with Crippen LogP contribution in [0.2, 0.25) is 0 Å². The average molecular weight is 252 g/mol. The lowest BCUT2D eigenvalue weighted by atomic mass is 10.2. The second-order valence-corrected chi connectivity index (χ2v) is 2.80. The molecule has 0 heterocycles. The molecule has 0 fully saturated rings. The Morgan fingerprint density at radius 1 is 1.35 bits per heavy atom. The number of alkyl halides is 2. The van der Waals surface area contributed by atoms with Crippen LogP contribution in [0, 0.1) is 21.7 Å². The van der Waals surface area contributed by atoms with Gasteiger partial charge in [0.05, 0.1) is 4.92 Å². The van der Waals surface area contributed by atoms with E-state index in [-0.39, 0.29) is 0 Å². The van der Waals surface area contributed by atoms with Crippen molar-refractivity contribution >= 4 is 17.3 Å². The monoisotopic (exact) mass is 252 g/mol. The minimum Gasteiger partial charge on any atom is -0.316 e. The number of rotatable bonds is 3. The first kappa shape index (κ1) is 12.9. The van der Waals surface area contributed by atoms with Crippen molar-refractivity contribution in [2.45, 2.75) is 6.43 Å². The topological polar surface area (TPSA) is 72.2 Å². The molecule has 0 radical (unpaired) electrons. The zero-order valence-corrected chi connectivity index (χ0v) is 7.92. The fraction of sp³-hybridized carbons (Fsp3) is 0.125. The van der Waals surface area contributed by atoms with Crippen LogP contribution in [0.5, 0.6) is 0 Å². The third-order valence-corrected chi connectivity index (χ3v) is 1.71. The van der Waals surface area contributed by atoms with Crippen LogP contribution in [0.4, 0.5) is 28.9 Å². The van der Waals surface area contributed by atoms with Crippen molar-refractivity contribution < 1.29 is 27.3 Å². The molecule has 0 spiro atoms. The molecule has 0 atom stereocenters. The zero-order chi connectivity index (χ0) is 13.2. The number of anilines is 1. The van der Waals surface area contributed by atoms with Crippen molar-refractivity contribution in [3.63, 3.8) is 0 Å². The number of nitro groups is 1. The molecule has 92 valence electrons. The van der Waals surface area contributed by atoms with Crippen LogP contribution in [0.15, 0.2) is 12.1 Å². The van der Waals surface area contributed by atoms with E-state index in [2.05, 4.69) is 0 Å². The fourth-order valence-corrected chi connectivity index (χ4v) is 0.975. The van der Waals surface area contributed by atoms with Gasteiger partial charge in [0.1, 0.15) is 11.5 Å². The normalized spacial score (nSPS) is 10.4. The molecule has 0 aliphatic carbocycles. The summed E-state index contributed by atoms with van der Waals surface area (Å²) in [6.07, 6.45) is -3.49. The van der Waals surface area contributed by atoms with E-state index in [1.54, 1.807) is 0 Å². The van der Waals surface area contributed by atoms with Gasteiger partial charge >= 0.3 is 12.1 Å². The van der Waals surface area contributed by atoms with E-state index in [1.165, 1.54) is 5.32 Å². The summed E-state index contributed by atoms with van der Waals surface area (Å²) in [5.74, 6) is -5.06. The van der Waals surface area contributed by atoms with Gasteiger partial charge in [0, 0.05) is 6.07 Å². The molecule has 17 heavy (non-hydrogen) atoms. The standard InChI is InChI=1S/C8H4F4N2O3/c9-3-1-2-4(14(16)17)5(10)6(3)13-8(15)7(11)12/h1-2,7H,(H,13,15). The number of carbonyl (C=O) groups is 1. The molecular weight excluding hydrogens is 248 g/mol. The highest BCUT2D eigenvalue weighted by atomic mass is 19.3. The maximum Gasteiger partial charge on any atom is 0.315 e. The summed E-state index contributed by atoms with van der Waals surface area (Å²) in [7, 11) is 0. The van der Waals surface area contributed by atoms with Crippen molar-refractivity contribution in [1.29, 1.82) is 0 Å². The summed E-state index contributed by atoms with van der Waals surface area (Å²) in [6, 6.07) is 1.00. The summed E-state index contributed by atoms with van der Waals surface area (Å²) in [5.41, 5.74) is -2.40. The molecule has 0 saturated heterocycles. The Morgan fingerprint density at radius 2 is 1.94 bits per heavy atom. The van der Waals surface area contributed by atoms with E-state index in [1.807, 2.05) is 0 Å². The van der Waals surface area contributed by atoms with Gasteiger partial charge in [0.15, 0.2) is 0 Å². The van der Waals surface area contributed by atoms with Gasteiger partial charge in [-0.2, -0.15) is 13.2 Å². The van der Waals surface area contributed by atoms with Gasteiger partial charge in [-0.15, -0.1) is 0 Å². The zero-order valence-electron chi connectivity index (χ0n) is 7.92. The van der Waals surface area contributed by atoms with Crippen molar-refractivity contribution in [3.8, 4) is 0 Å². The lowest BCUT2D eigenvalue weighted by Crippen LogP contribution is -2.21. The Labute approximate surface area is 91.2 Å². The molecule has 9 heteroatoms. The molecule has 5 nitrogen and oxygen atoms in total. The Hall–Kier alpha value is -2.19. The lowest BCUT2D eigenvalue weighted by Gasteiger charge is -2.06. The number of hydrogen-bond donors (Lipinski definition) is 1. The highest BCUT2D eigenvalue weighted by Gasteiger charge is 2.25. The van der Waals surface area contributed by atoms with Gasteiger partial charge in [0.2, 0.25) is 5.82 Å². The number of carbonyl (C=O) groups excluding carboxylic acids is 1. The van der Waals surface area contributed by atoms with E-state index >= 15 is 0 Å². The van der Waals surface area contributed by atoms with Crippen LogP contribution >= 0.6 is 0 Å². The van der Waals surface area contributed by atoms with E-state index in [9.17, 15) is 32.5 Å². The van der Waals surface area contributed by atoms with E-state index in [0.717, 1.165) is 0 Å². The minimum atomic E-state index is -3.49. The second kappa shape index (κ2) is 4.76. The summed E-state index contributed by atoms with van der Waals surface area (Å²) >= 11 is 0. The smallest absolute Gasteiger partial charge is 0.315 e. The molecule has 0 saturated carbocycles. The Balaban J connectivity index is 3.19. The molecule has 1 aromatic carbocycles. The minimum absolute atomic E-state index is 0.488. The number of amides is 1. The first-order valence-electron chi connectivity index (χ1n) is 4.06. The lowest BCUT2D eigenvalue weighted by molar-refractivity contribution is -0.387. The maximum atomic E-state index is 13.3. The number of halogens is 4. The van der Waals surface area contributed by atoms with Gasteiger partial charge in [-0.05, 0) is 6.07 Å². The van der Waals surface area contributed by atoms with Crippen molar-refractivity contribution in [3.05, 3.63) is 33.9 Å². The van der Waals surface area contributed by atoms with Crippen molar-refractivity contribution in [1.82, 2.24) is 0 Å². The summed E-state index contributed by atoms with van der Waals surface area (Å²) in [4.78, 5) is 19.6. The van der Waals surface area contributed by atoms with Gasteiger partial charge < -0.3 is 5.32 Å². The molecule has 0 bridgehead atoms. The average Bonchev–Trinajstić information content (AvgIpc) is 2.22. The number of benzene rings is 1.